The maximum Gasteiger partial charge on any atom is 0.100 e. The summed E-state index contributed by atoms with van der Waals surface area (Å²) in [6, 6.07) is 10.5. The lowest BCUT2D eigenvalue weighted by molar-refractivity contribution is 0.190. The maximum atomic E-state index is 9.68. The zero-order chi connectivity index (χ0) is 12.4. The fourth-order valence-electron chi connectivity index (χ4n) is 1.92. The van der Waals surface area contributed by atoms with Gasteiger partial charge in [0.25, 0.3) is 0 Å². The molecule has 0 aliphatic heterocycles. The minimum atomic E-state index is -0.542. The van der Waals surface area contributed by atoms with Crippen molar-refractivity contribution < 1.29 is 5.11 Å². The van der Waals surface area contributed by atoms with Crippen molar-refractivity contribution in [3.63, 3.8) is 0 Å². The van der Waals surface area contributed by atoms with E-state index in [4.69, 9.17) is 5.73 Å². The van der Waals surface area contributed by atoms with Crippen molar-refractivity contribution in [1.29, 1.82) is 0 Å². The topological polar surface area (TPSA) is 46.2 Å². The van der Waals surface area contributed by atoms with E-state index in [1.54, 1.807) is 11.3 Å². The van der Waals surface area contributed by atoms with Gasteiger partial charge in [0.05, 0.1) is 0 Å². The highest BCUT2D eigenvalue weighted by molar-refractivity contribution is 7.15. The number of aliphatic hydroxyl groups is 1. The van der Waals surface area contributed by atoms with E-state index >= 15 is 0 Å². The summed E-state index contributed by atoms with van der Waals surface area (Å²) in [6.45, 7) is 4.46. The second-order valence-electron chi connectivity index (χ2n) is 4.33. The Hall–Kier alpha value is -1.16. The van der Waals surface area contributed by atoms with Crippen LogP contribution in [0.15, 0.2) is 30.3 Å². The first-order valence-electron chi connectivity index (χ1n) is 5.66. The van der Waals surface area contributed by atoms with Crippen LogP contribution in [0, 0.1) is 13.8 Å². The van der Waals surface area contributed by atoms with Gasteiger partial charge in [-0.3, -0.25) is 0 Å². The molecule has 0 radical (unpaired) electrons. The van der Waals surface area contributed by atoms with Crippen molar-refractivity contribution in [1.82, 2.24) is 0 Å². The molecule has 3 heteroatoms. The molecule has 2 nitrogen and oxygen atoms in total. The number of hydrogen-bond donors (Lipinski definition) is 2. The molecule has 3 N–H and O–H groups in total. The Kier molecular flexibility index (Phi) is 3.62. The van der Waals surface area contributed by atoms with Gasteiger partial charge in [0.15, 0.2) is 0 Å². The predicted octanol–water partition coefficient (Wildman–Crippen LogP) is 3.02. The Bertz CT molecular complexity index is 498. The molecule has 0 saturated heterocycles. The number of aryl methyl sites for hydroxylation is 2. The molecule has 17 heavy (non-hydrogen) atoms. The van der Waals surface area contributed by atoms with E-state index in [0.29, 0.717) is 0 Å². The summed E-state index contributed by atoms with van der Waals surface area (Å²) >= 11 is 1.61. The zero-order valence-corrected chi connectivity index (χ0v) is 10.9. The van der Waals surface area contributed by atoms with Crippen LogP contribution in [0.3, 0.4) is 0 Å². The quantitative estimate of drug-likeness (QED) is 0.875. The normalized spacial score (nSPS) is 12.7. The minimum Gasteiger partial charge on any atom is -0.386 e. The molecule has 1 atom stereocenters. The molecule has 90 valence electrons. The van der Waals surface area contributed by atoms with Crippen LogP contribution >= 0.6 is 11.3 Å². The molecule has 2 aromatic rings. The van der Waals surface area contributed by atoms with E-state index in [0.717, 1.165) is 4.88 Å². The Morgan fingerprint density at radius 1 is 1.18 bits per heavy atom. The predicted molar refractivity (Wildman–Crippen MR) is 73.2 cm³/mol. The lowest BCUT2D eigenvalue weighted by Crippen LogP contribution is -2.09. The monoisotopic (exact) mass is 247 g/mol. The van der Waals surface area contributed by atoms with Crippen LogP contribution in [0.1, 0.15) is 22.1 Å². The van der Waals surface area contributed by atoms with Gasteiger partial charge < -0.3 is 10.8 Å². The Labute approximate surface area is 106 Å². The first-order valence-corrected chi connectivity index (χ1v) is 6.48. The molecule has 0 fully saturated rings. The van der Waals surface area contributed by atoms with Crippen molar-refractivity contribution in [2.45, 2.75) is 20.0 Å². The van der Waals surface area contributed by atoms with Gasteiger partial charge in [-0.2, -0.15) is 0 Å². The van der Waals surface area contributed by atoms with E-state index in [1.165, 1.54) is 21.6 Å². The molecule has 0 bridgehead atoms. The fourth-order valence-corrected chi connectivity index (χ4v) is 2.91. The second-order valence-corrected chi connectivity index (χ2v) is 5.45. The van der Waals surface area contributed by atoms with Crippen molar-refractivity contribution in [2.24, 2.45) is 5.73 Å². The van der Waals surface area contributed by atoms with Gasteiger partial charge in [-0.25, -0.2) is 0 Å². The highest BCUT2D eigenvalue weighted by Crippen LogP contribution is 2.32. The number of thiophene rings is 1. The van der Waals surface area contributed by atoms with Crippen LogP contribution in [0.25, 0.3) is 10.4 Å². The molecular weight excluding hydrogens is 230 g/mol. The number of nitrogens with two attached hydrogens (primary N) is 1. The van der Waals surface area contributed by atoms with Gasteiger partial charge in [0, 0.05) is 16.3 Å². The van der Waals surface area contributed by atoms with E-state index < -0.39 is 6.10 Å². The van der Waals surface area contributed by atoms with Crippen molar-refractivity contribution >= 4 is 11.3 Å². The summed E-state index contributed by atoms with van der Waals surface area (Å²) < 4.78 is 0. The van der Waals surface area contributed by atoms with E-state index in [-0.39, 0.29) is 6.54 Å². The molecule has 1 heterocycles. The third-order valence-electron chi connectivity index (χ3n) is 2.68. The highest BCUT2D eigenvalue weighted by atomic mass is 32.1. The van der Waals surface area contributed by atoms with Gasteiger partial charge in [-0.1, -0.05) is 29.3 Å². The summed E-state index contributed by atoms with van der Waals surface area (Å²) in [5.41, 5.74) is 9.19. The summed E-state index contributed by atoms with van der Waals surface area (Å²) in [4.78, 5) is 2.11. The highest BCUT2D eigenvalue weighted by Gasteiger charge is 2.09. The molecule has 1 aromatic heterocycles. The molecule has 0 spiro atoms. The van der Waals surface area contributed by atoms with Gasteiger partial charge in [0.1, 0.15) is 6.10 Å². The number of aliphatic hydroxyl groups excluding tert-OH is 1. The van der Waals surface area contributed by atoms with E-state index in [1.807, 2.05) is 12.1 Å². The smallest absolute Gasteiger partial charge is 0.100 e. The molecule has 0 aliphatic rings. The molecule has 1 unspecified atom stereocenters. The molecule has 1 aromatic carbocycles. The van der Waals surface area contributed by atoms with E-state index in [9.17, 15) is 5.11 Å². The summed E-state index contributed by atoms with van der Waals surface area (Å²) in [6.07, 6.45) is -0.542. The number of rotatable bonds is 3. The molecule has 2 rings (SSSR count). The largest absolute Gasteiger partial charge is 0.386 e. The lowest BCUT2D eigenvalue weighted by Gasteiger charge is -2.04. The van der Waals surface area contributed by atoms with Crippen molar-refractivity contribution in [2.75, 3.05) is 6.54 Å². The standard InChI is InChI=1S/C14H17NOS/c1-9-5-10(2)7-11(6-9)13-3-4-14(17-13)12(16)8-15/h3-7,12,16H,8,15H2,1-2H3. The molecular formula is C14H17NOS. The van der Waals surface area contributed by atoms with Crippen LogP contribution in [-0.2, 0) is 0 Å². The number of hydrogen-bond acceptors (Lipinski definition) is 3. The summed E-state index contributed by atoms with van der Waals surface area (Å²) in [7, 11) is 0. The first kappa shape index (κ1) is 12.3. The van der Waals surface area contributed by atoms with Crippen LogP contribution in [-0.4, -0.2) is 11.7 Å². The zero-order valence-electron chi connectivity index (χ0n) is 10.1. The number of benzene rings is 1. The maximum absolute atomic E-state index is 9.68. The lowest BCUT2D eigenvalue weighted by atomic mass is 10.1. The average Bonchev–Trinajstić information content (AvgIpc) is 2.76. The third kappa shape index (κ3) is 2.75. The second kappa shape index (κ2) is 5.00. The van der Waals surface area contributed by atoms with Gasteiger partial charge in [0.2, 0.25) is 0 Å². The van der Waals surface area contributed by atoms with Gasteiger partial charge in [-0.15, -0.1) is 11.3 Å². The first-order chi connectivity index (χ1) is 8.10. The minimum absolute atomic E-state index is 0.271. The van der Waals surface area contributed by atoms with Crippen LogP contribution in [0.2, 0.25) is 0 Å². The SMILES string of the molecule is Cc1cc(C)cc(-c2ccc(C(O)CN)s2)c1. The summed E-state index contributed by atoms with van der Waals surface area (Å²) in [5, 5.41) is 9.68. The Balaban J connectivity index is 2.36. The molecule has 0 aliphatic carbocycles. The molecule has 0 saturated carbocycles. The average molecular weight is 247 g/mol. The Morgan fingerprint density at radius 3 is 2.41 bits per heavy atom. The third-order valence-corrected chi connectivity index (χ3v) is 3.92. The van der Waals surface area contributed by atoms with Gasteiger partial charge in [-0.05, 0) is 31.5 Å². The Morgan fingerprint density at radius 2 is 1.82 bits per heavy atom. The van der Waals surface area contributed by atoms with Crippen molar-refractivity contribution in [3.05, 3.63) is 46.3 Å². The van der Waals surface area contributed by atoms with Crippen LogP contribution < -0.4 is 5.73 Å². The van der Waals surface area contributed by atoms with Crippen LogP contribution in [0.5, 0.6) is 0 Å². The molecule has 0 amide bonds. The van der Waals surface area contributed by atoms with Crippen LogP contribution in [0.4, 0.5) is 0 Å². The van der Waals surface area contributed by atoms with E-state index in [2.05, 4.69) is 32.0 Å². The van der Waals surface area contributed by atoms with Crippen molar-refractivity contribution in [3.8, 4) is 10.4 Å². The summed E-state index contributed by atoms with van der Waals surface area (Å²) in [5.74, 6) is 0. The van der Waals surface area contributed by atoms with Gasteiger partial charge >= 0.3 is 0 Å². The fraction of sp³-hybridized carbons (Fsp3) is 0.286.